The van der Waals surface area contributed by atoms with E-state index in [2.05, 4.69) is 0 Å². The molecule has 84 valence electrons. The van der Waals surface area contributed by atoms with Crippen LogP contribution < -0.4 is 0 Å². The molecule has 0 aromatic carbocycles. The summed E-state index contributed by atoms with van der Waals surface area (Å²) in [6, 6.07) is 0. The molecule has 1 rings (SSSR count). The molecule has 1 aliphatic rings. The van der Waals surface area contributed by atoms with E-state index in [0.29, 0.717) is 13.2 Å². The zero-order chi connectivity index (χ0) is 10.4. The van der Waals surface area contributed by atoms with Gasteiger partial charge in [-0.15, -0.1) is 0 Å². The van der Waals surface area contributed by atoms with E-state index in [-0.39, 0.29) is 19.1 Å². The molecule has 1 saturated heterocycles. The minimum absolute atomic E-state index is 0.00000283. The molecule has 4 heteroatoms. The molecule has 4 nitrogen and oxygen atoms in total. The topological polar surface area (TPSA) is 58.9 Å². The smallest absolute Gasteiger partial charge is 0.165 e. The van der Waals surface area contributed by atoms with Crippen molar-refractivity contribution in [1.29, 1.82) is 0 Å². The van der Waals surface area contributed by atoms with Gasteiger partial charge >= 0.3 is 0 Å². The van der Waals surface area contributed by atoms with Crippen molar-refractivity contribution in [3.05, 3.63) is 0 Å². The van der Waals surface area contributed by atoms with E-state index >= 15 is 0 Å². The zero-order valence-corrected chi connectivity index (χ0v) is 8.74. The summed E-state index contributed by atoms with van der Waals surface area (Å²) in [6.45, 7) is 3.37. The molecule has 0 radical (unpaired) electrons. The number of rotatable bonds is 6. The molecule has 0 amide bonds. The van der Waals surface area contributed by atoms with Crippen LogP contribution in [0.4, 0.5) is 0 Å². The highest BCUT2D eigenvalue weighted by atomic mass is 16.7. The van der Waals surface area contributed by atoms with Crippen LogP contribution in [0.5, 0.6) is 0 Å². The maximum Gasteiger partial charge on any atom is 0.165 e. The third-order valence-corrected chi connectivity index (χ3v) is 2.66. The molecule has 0 aromatic rings. The van der Waals surface area contributed by atoms with Gasteiger partial charge in [0.25, 0.3) is 0 Å². The van der Waals surface area contributed by atoms with Gasteiger partial charge in [0.2, 0.25) is 0 Å². The van der Waals surface area contributed by atoms with Gasteiger partial charge in [0, 0.05) is 25.6 Å². The van der Waals surface area contributed by atoms with Gasteiger partial charge in [-0.3, -0.25) is 0 Å². The van der Waals surface area contributed by atoms with E-state index in [9.17, 15) is 0 Å². The molecule has 1 heterocycles. The molecule has 0 saturated carbocycles. The number of hydrogen-bond acceptors (Lipinski definition) is 4. The maximum atomic E-state index is 8.86. The molecule has 14 heavy (non-hydrogen) atoms. The summed E-state index contributed by atoms with van der Waals surface area (Å²) >= 11 is 0. The standard InChI is InChI=1S/C10H20O4/c1-10(13-5-6-14-10)4-2-3-9(7-11)8-12/h9,11-12H,2-8H2,1H3. The molecule has 0 aliphatic carbocycles. The van der Waals surface area contributed by atoms with Crippen LogP contribution in [-0.2, 0) is 9.47 Å². The van der Waals surface area contributed by atoms with Crippen LogP contribution in [0.25, 0.3) is 0 Å². The SMILES string of the molecule is CC1(CCCC(CO)CO)OCCO1. The molecular formula is C10H20O4. The van der Waals surface area contributed by atoms with Crippen molar-refractivity contribution in [3.8, 4) is 0 Å². The maximum absolute atomic E-state index is 8.86. The van der Waals surface area contributed by atoms with Gasteiger partial charge in [-0.1, -0.05) is 0 Å². The average Bonchev–Trinajstić information content (AvgIpc) is 2.60. The van der Waals surface area contributed by atoms with Gasteiger partial charge in [-0.25, -0.2) is 0 Å². The second-order valence-corrected chi connectivity index (χ2v) is 3.95. The van der Waals surface area contributed by atoms with Crippen molar-refractivity contribution in [2.75, 3.05) is 26.4 Å². The van der Waals surface area contributed by atoms with Crippen LogP contribution in [0.3, 0.4) is 0 Å². The fraction of sp³-hybridized carbons (Fsp3) is 1.00. The van der Waals surface area contributed by atoms with Crippen LogP contribution in [0.15, 0.2) is 0 Å². The summed E-state index contributed by atoms with van der Waals surface area (Å²) < 4.78 is 10.9. The minimum Gasteiger partial charge on any atom is -0.396 e. The first kappa shape index (κ1) is 11.9. The van der Waals surface area contributed by atoms with Crippen LogP contribution >= 0.6 is 0 Å². The quantitative estimate of drug-likeness (QED) is 0.662. The van der Waals surface area contributed by atoms with Gasteiger partial charge in [-0.05, 0) is 19.8 Å². The Hall–Kier alpha value is -0.160. The summed E-state index contributed by atoms with van der Waals surface area (Å²) in [5.41, 5.74) is 0. The largest absolute Gasteiger partial charge is 0.396 e. The second-order valence-electron chi connectivity index (χ2n) is 3.95. The molecule has 0 unspecified atom stereocenters. The summed E-state index contributed by atoms with van der Waals surface area (Å²) in [6.07, 6.45) is 2.54. The van der Waals surface area contributed by atoms with Crippen LogP contribution in [0.2, 0.25) is 0 Å². The Labute approximate surface area is 84.8 Å². The van der Waals surface area contributed by atoms with E-state index in [1.165, 1.54) is 0 Å². The third-order valence-electron chi connectivity index (χ3n) is 2.66. The van der Waals surface area contributed by atoms with Crippen molar-refractivity contribution < 1.29 is 19.7 Å². The van der Waals surface area contributed by atoms with Crippen molar-refractivity contribution in [1.82, 2.24) is 0 Å². The molecule has 1 aliphatic heterocycles. The van der Waals surface area contributed by atoms with E-state index < -0.39 is 5.79 Å². The molecule has 0 spiro atoms. The van der Waals surface area contributed by atoms with Crippen molar-refractivity contribution in [2.24, 2.45) is 5.92 Å². The lowest BCUT2D eigenvalue weighted by atomic mass is 10.0. The molecule has 2 N–H and O–H groups in total. The lowest BCUT2D eigenvalue weighted by Gasteiger charge is -2.22. The zero-order valence-electron chi connectivity index (χ0n) is 8.74. The first-order valence-electron chi connectivity index (χ1n) is 5.20. The average molecular weight is 204 g/mol. The van der Waals surface area contributed by atoms with E-state index in [1.807, 2.05) is 6.92 Å². The van der Waals surface area contributed by atoms with Gasteiger partial charge in [0.15, 0.2) is 5.79 Å². The minimum atomic E-state index is -0.435. The van der Waals surface area contributed by atoms with Crippen LogP contribution in [0, 0.1) is 5.92 Å². The molecule has 0 bridgehead atoms. The predicted octanol–water partition coefficient (Wildman–Crippen LogP) is 0.521. The van der Waals surface area contributed by atoms with E-state index in [0.717, 1.165) is 19.3 Å². The Bertz CT molecular complexity index is 150. The van der Waals surface area contributed by atoms with E-state index in [1.54, 1.807) is 0 Å². The van der Waals surface area contributed by atoms with E-state index in [4.69, 9.17) is 19.7 Å². The van der Waals surface area contributed by atoms with Gasteiger partial charge in [0.05, 0.1) is 13.2 Å². The highest BCUT2D eigenvalue weighted by Gasteiger charge is 2.30. The monoisotopic (exact) mass is 204 g/mol. The molecule has 0 aromatic heterocycles. The Kier molecular flexibility index (Phi) is 4.81. The summed E-state index contributed by atoms with van der Waals surface area (Å²) in [4.78, 5) is 0. The lowest BCUT2D eigenvalue weighted by Crippen LogP contribution is -2.25. The lowest BCUT2D eigenvalue weighted by molar-refractivity contribution is -0.148. The molecule has 0 atom stereocenters. The predicted molar refractivity (Wildman–Crippen MR) is 51.8 cm³/mol. The number of aliphatic hydroxyl groups is 2. The number of ether oxygens (including phenoxy) is 2. The molecular weight excluding hydrogens is 184 g/mol. The second kappa shape index (κ2) is 5.66. The number of hydrogen-bond donors (Lipinski definition) is 2. The molecule has 1 fully saturated rings. The van der Waals surface area contributed by atoms with Crippen molar-refractivity contribution >= 4 is 0 Å². The highest BCUT2D eigenvalue weighted by molar-refractivity contribution is 4.69. The van der Waals surface area contributed by atoms with Gasteiger partial charge < -0.3 is 19.7 Å². The van der Waals surface area contributed by atoms with Crippen LogP contribution in [0.1, 0.15) is 26.2 Å². The third kappa shape index (κ3) is 3.53. The summed E-state index contributed by atoms with van der Waals surface area (Å²) in [5, 5.41) is 17.7. The first-order valence-corrected chi connectivity index (χ1v) is 5.20. The Balaban J connectivity index is 2.13. The Morgan fingerprint density at radius 2 is 1.79 bits per heavy atom. The normalized spacial score (nSPS) is 20.6. The van der Waals surface area contributed by atoms with Gasteiger partial charge in [-0.2, -0.15) is 0 Å². The number of aliphatic hydroxyl groups excluding tert-OH is 2. The Morgan fingerprint density at radius 3 is 2.29 bits per heavy atom. The van der Waals surface area contributed by atoms with Crippen molar-refractivity contribution in [3.63, 3.8) is 0 Å². The fourth-order valence-corrected chi connectivity index (χ4v) is 1.65. The van der Waals surface area contributed by atoms with Gasteiger partial charge in [0.1, 0.15) is 0 Å². The first-order chi connectivity index (χ1) is 6.70. The van der Waals surface area contributed by atoms with Crippen LogP contribution in [-0.4, -0.2) is 42.4 Å². The highest BCUT2D eigenvalue weighted by Crippen LogP contribution is 2.25. The Morgan fingerprint density at radius 1 is 1.21 bits per heavy atom. The van der Waals surface area contributed by atoms with Crippen molar-refractivity contribution in [2.45, 2.75) is 32.0 Å². The summed E-state index contributed by atoms with van der Waals surface area (Å²) in [7, 11) is 0. The fourth-order valence-electron chi connectivity index (χ4n) is 1.65. The summed E-state index contributed by atoms with van der Waals surface area (Å²) in [5.74, 6) is -0.435.